The lowest BCUT2D eigenvalue weighted by atomic mass is 9.88. The molecule has 1 aromatic rings. The third-order valence-corrected chi connectivity index (χ3v) is 5.18. The van der Waals surface area contributed by atoms with Crippen molar-refractivity contribution in [2.45, 2.75) is 25.7 Å². The van der Waals surface area contributed by atoms with Gasteiger partial charge >= 0.3 is 0 Å². The molecular formula is C18H22N2O. The molecule has 2 bridgehead atoms. The summed E-state index contributed by atoms with van der Waals surface area (Å²) in [5.41, 5.74) is 1.30. The molecule has 2 aliphatic rings. The molecule has 0 heterocycles. The fourth-order valence-electron chi connectivity index (χ4n) is 4.13. The SMILES string of the molecule is CN(CC(=O)c1ccc(C#N)cc1)CC1CC2CCC1C2. The first-order valence-electron chi connectivity index (χ1n) is 7.87. The quantitative estimate of drug-likeness (QED) is 0.779. The van der Waals surface area contributed by atoms with E-state index in [9.17, 15) is 4.79 Å². The van der Waals surface area contributed by atoms with Gasteiger partial charge in [-0.15, -0.1) is 0 Å². The van der Waals surface area contributed by atoms with Crippen LogP contribution in [-0.2, 0) is 0 Å². The van der Waals surface area contributed by atoms with Crippen LogP contribution in [0.3, 0.4) is 0 Å². The minimum absolute atomic E-state index is 0.144. The van der Waals surface area contributed by atoms with E-state index < -0.39 is 0 Å². The van der Waals surface area contributed by atoms with E-state index in [1.54, 1.807) is 24.3 Å². The Morgan fingerprint density at radius 2 is 2.05 bits per heavy atom. The Bertz CT molecular complexity index is 558. The largest absolute Gasteiger partial charge is 0.299 e. The maximum absolute atomic E-state index is 12.3. The van der Waals surface area contributed by atoms with E-state index in [4.69, 9.17) is 5.26 Å². The molecule has 2 fully saturated rings. The lowest BCUT2D eigenvalue weighted by Crippen LogP contribution is -2.32. The van der Waals surface area contributed by atoms with Crippen molar-refractivity contribution in [1.29, 1.82) is 5.26 Å². The van der Waals surface area contributed by atoms with Crippen LogP contribution in [0.15, 0.2) is 24.3 Å². The van der Waals surface area contributed by atoms with Crippen LogP contribution >= 0.6 is 0 Å². The molecule has 0 saturated heterocycles. The van der Waals surface area contributed by atoms with Crippen LogP contribution in [-0.4, -0.2) is 30.8 Å². The van der Waals surface area contributed by atoms with Crippen molar-refractivity contribution < 1.29 is 4.79 Å². The lowest BCUT2D eigenvalue weighted by Gasteiger charge is -2.26. The van der Waals surface area contributed by atoms with Gasteiger partial charge in [0.05, 0.1) is 18.2 Å². The van der Waals surface area contributed by atoms with Crippen LogP contribution in [0.25, 0.3) is 0 Å². The van der Waals surface area contributed by atoms with Gasteiger partial charge in [-0.25, -0.2) is 0 Å². The summed E-state index contributed by atoms with van der Waals surface area (Å²) in [5.74, 6) is 2.80. The molecule has 2 aliphatic carbocycles. The van der Waals surface area contributed by atoms with Gasteiger partial charge in [0.1, 0.15) is 0 Å². The second-order valence-corrected chi connectivity index (χ2v) is 6.74. The first kappa shape index (κ1) is 14.3. The van der Waals surface area contributed by atoms with Crippen molar-refractivity contribution in [2.24, 2.45) is 17.8 Å². The number of Topliss-reactive ketones (excluding diaryl/α,β-unsaturated/α-hetero) is 1. The van der Waals surface area contributed by atoms with Gasteiger partial charge in [-0.1, -0.05) is 18.6 Å². The van der Waals surface area contributed by atoms with E-state index in [1.807, 2.05) is 7.05 Å². The Morgan fingerprint density at radius 1 is 1.29 bits per heavy atom. The summed E-state index contributed by atoms with van der Waals surface area (Å²) in [4.78, 5) is 14.4. The summed E-state index contributed by atoms with van der Waals surface area (Å²) in [7, 11) is 2.05. The molecule has 0 aliphatic heterocycles. The molecule has 0 radical (unpaired) electrons. The van der Waals surface area contributed by atoms with E-state index in [0.29, 0.717) is 17.7 Å². The van der Waals surface area contributed by atoms with Crippen molar-refractivity contribution >= 4 is 5.78 Å². The van der Waals surface area contributed by atoms with Crippen LogP contribution in [0.2, 0.25) is 0 Å². The summed E-state index contributed by atoms with van der Waals surface area (Å²) in [6.07, 6.45) is 5.60. The monoisotopic (exact) mass is 282 g/mol. The average Bonchev–Trinajstić information content (AvgIpc) is 3.09. The lowest BCUT2D eigenvalue weighted by molar-refractivity contribution is 0.0929. The predicted molar refractivity (Wildman–Crippen MR) is 81.9 cm³/mol. The minimum atomic E-state index is 0.144. The van der Waals surface area contributed by atoms with E-state index in [2.05, 4.69) is 11.0 Å². The molecule has 0 amide bonds. The second-order valence-electron chi connectivity index (χ2n) is 6.74. The summed E-state index contributed by atoms with van der Waals surface area (Å²) < 4.78 is 0. The van der Waals surface area contributed by atoms with Crippen molar-refractivity contribution in [3.63, 3.8) is 0 Å². The van der Waals surface area contributed by atoms with Crippen LogP contribution in [0.5, 0.6) is 0 Å². The number of likely N-dealkylation sites (N-methyl/N-ethyl adjacent to an activating group) is 1. The predicted octanol–water partition coefficient (Wildman–Crippen LogP) is 3.11. The Kier molecular flexibility index (Phi) is 4.07. The zero-order chi connectivity index (χ0) is 14.8. The summed E-state index contributed by atoms with van der Waals surface area (Å²) in [6, 6.07) is 9.01. The fourth-order valence-corrected chi connectivity index (χ4v) is 4.13. The molecular weight excluding hydrogens is 260 g/mol. The Labute approximate surface area is 126 Å². The number of hydrogen-bond donors (Lipinski definition) is 0. The standard InChI is InChI=1S/C18H22N2O/c1-20(11-17-9-14-4-7-16(17)8-14)12-18(21)15-5-2-13(10-19)3-6-15/h2-3,5-6,14,16-17H,4,7-9,11-12H2,1H3. The van der Waals surface area contributed by atoms with Gasteiger partial charge in [0.2, 0.25) is 0 Å². The highest BCUT2D eigenvalue weighted by molar-refractivity contribution is 5.97. The Hall–Kier alpha value is -1.66. The maximum Gasteiger partial charge on any atom is 0.176 e. The van der Waals surface area contributed by atoms with Gasteiger partial charge in [-0.05, 0) is 56.2 Å². The minimum Gasteiger partial charge on any atom is -0.299 e. The van der Waals surface area contributed by atoms with Crippen LogP contribution in [0.4, 0.5) is 0 Å². The number of benzene rings is 1. The number of carbonyl (C=O) groups excluding carboxylic acids is 1. The first-order valence-corrected chi connectivity index (χ1v) is 7.87. The number of rotatable bonds is 5. The van der Waals surface area contributed by atoms with E-state index in [-0.39, 0.29) is 5.78 Å². The molecule has 110 valence electrons. The molecule has 0 aromatic heterocycles. The van der Waals surface area contributed by atoms with Crippen molar-refractivity contribution in [1.82, 2.24) is 4.90 Å². The number of hydrogen-bond acceptors (Lipinski definition) is 3. The number of carbonyl (C=O) groups is 1. The number of fused-ring (bicyclic) bond motifs is 2. The number of nitrogens with zero attached hydrogens (tertiary/aromatic N) is 2. The highest BCUT2D eigenvalue weighted by Gasteiger charge is 2.39. The van der Waals surface area contributed by atoms with Gasteiger partial charge in [0.15, 0.2) is 5.78 Å². The molecule has 3 atom stereocenters. The van der Waals surface area contributed by atoms with Crippen LogP contribution in [0.1, 0.15) is 41.6 Å². The van der Waals surface area contributed by atoms with Crippen LogP contribution < -0.4 is 0 Å². The normalized spacial score (nSPS) is 27.0. The van der Waals surface area contributed by atoms with Crippen molar-refractivity contribution in [2.75, 3.05) is 20.1 Å². The summed E-state index contributed by atoms with van der Waals surface area (Å²) in [6.45, 7) is 1.52. The van der Waals surface area contributed by atoms with Crippen LogP contribution in [0, 0.1) is 29.1 Å². The third kappa shape index (κ3) is 3.16. The molecule has 1 aromatic carbocycles. The topological polar surface area (TPSA) is 44.1 Å². The zero-order valence-corrected chi connectivity index (χ0v) is 12.6. The van der Waals surface area contributed by atoms with E-state index in [1.165, 1.54) is 25.7 Å². The fraction of sp³-hybridized carbons (Fsp3) is 0.556. The van der Waals surface area contributed by atoms with Gasteiger partial charge in [0.25, 0.3) is 0 Å². The highest BCUT2D eigenvalue weighted by atomic mass is 16.1. The van der Waals surface area contributed by atoms with Crippen molar-refractivity contribution in [3.8, 4) is 6.07 Å². The Balaban J connectivity index is 1.53. The second kappa shape index (κ2) is 5.99. The number of ketones is 1. The molecule has 3 rings (SSSR count). The van der Waals surface area contributed by atoms with Gasteiger partial charge in [-0.2, -0.15) is 5.26 Å². The van der Waals surface area contributed by atoms with Gasteiger partial charge in [0, 0.05) is 12.1 Å². The molecule has 3 unspecified atom stereocenters. The van der Waals surface area contributed by atoms with E-state index >= 15 is 0 Å². The highest BCUT2D eigenvalue weighted by Crippen LogP contribution is 2.48. The molecule has 0 N–H and O–H groups in total. The number of nitriles is 1. The summed E-state index contributed by atoms with van der Waals surface area (Å²) >= 11 is 0. The molecule has 3 heteroatoms. The van der Waals surface area contributed by atoms with Gasteiger partial charge in [-0.3, -0.25) is 9.69 Å². The smallest absolute Gasteiger partial charge is 0.176 e. The summed E-state index contributed by atoms with van der Waals surface area (Å²) in [5, 5.41) is 8.78. The molecule has 2 saturated carbocycles. The molecule has 0 spiro atoms. The molecule has 3 nitrogen and oxygen atoms in total. The average molecular weight is 282 g/mol. The first-order chi connectivity index (χ1) is 10.2. The van der Waals surface area contributed by atoms with Gasteiger partial charge < -0.3 is 0 Å². The Morgan fingerprint density at radius 3 is 2.62 bits per heavy atom. The van der Waals surface area contributed by atoms with E-state index in [0.717, 1.165) is 24.3 Å². The third-order valence-electron chi connectivity index (χ3n) is 5.18. The zero-order valence-electron chi connectivity index (χ0n) is 12.6. The maximum atomic E-state index is 12.3. The van der Waals surface area contributed by atoms with Crippen molar-refractivity contribution in [3.05, 3.63) is 35.4 Å². The molecule has 21 heavy (non-hydrogen) atoms.